The van der Waals surface area contributed by atoms with Crippen LogP contribution in [-0.2, 0) is 16.1 Å². The minimum atomic E-state index is -0.188. The Balaban J connectivity index is 2.68. The standard InChI is InChI=1S/C14H21NO4/c1-5-19-14(16)10-15(2)9-11-6-7-12(17-3)8-13(11)18-4/h6-8H,5,9-10H2,1-4H3/p+1. The maximum Gasteiger partial charge on any atom is 0.361 e. The highest BCUT2D eigenvalue weighted by Gasteiger charge is 2.14. The molecule has 1 aromatic rings. The number of hydrogen-bond donors (Lipinski definition) is 1. The summed E-state index contributed by atoms with van der Waals surface area (Å²) in [6, 6.07) is 5.68. The normalized spacial score (nSPS) is 11.8. The highest BCUT2D eigenvalue weighted by atomic mass is 16.5. The minimum absolute atomic E-state index is 0.188. The lowest BCUT2D eigenvalue weighted by molar-refractivity contribution is -0.886. The Morgan fingerprint density at radius 3 is 2.58 bits per heavy atom. The molecule has 0 radical (unpaired) electrons. The summed E-state index contributed by atoms with van der Waals surface area (Å²) in [5.41, 5.74) is 1.03. The molecule has 0 aromatic heterocycles. The fourth-order valence-corrected chi connectivity index (χ4v) is 1.84. The smallest absolute Gasteiger partial charge is 0.361 e. The van der Waals surface area contributed by atoms with Gasteiger partial charge in [-0.25, -0.2) is 4.79 Å². The third kappa shape index (κ3) is 4.79. The van der Waals surface area contributed by atoms with Crippen molar-refractivity contribution < 1.29 is 23.9 Å². The van der Waals surface area contributed by atoms with E-state index in [0.717, 1.165) is 22.0 Å². The number of rotatable bonds is 7. The molecule has 0 fully saturated rings. The molecule has 0 bridgehead atoms. The van der Waals surface area contributed by atoms with Gasteiger partial charge in [-0.05, 0) is 19.1 Å². The largest absolute Gasteiger partial charge is 0.497 e. The fraction of sp³-hybridized carbons (Fsp3) is 0.500. The average molecular weight is 268 g/mol. The number of esters is 1. The van der Waals surface area contributed by atoms with Crippen LogP contribution in [0, 0.1) is 0 Å². The molecule has 0 heterocycles. The van der Waals surface area contributed by atoms with Crippen LogP contribution >= 0.6 is 0 Å². The molecular weight excluding hydrogens is 246 g/mol. The van der Waals surface area contributed by atoms with Gasteiger partial charge in [0.15, 0.2) is 6.54 Å². The summed E-state index contributed by atoms with van der Waals surface area (Å²) >= 11 is 0. The first-order chi connectivity index (χ1) is 9.10. The van der Waals surface area contributed by atoms with Gasteiger partial charge in [-0.3, -0.25) is 0 Å². The van der Waals surface area contributed by atoms with Crippen molar-refractivity contribution in [1.29, 1.82) is 0 Å². The Labute approximate surface area is 114 Å². The van der Waals surface area contributed by atoms with Crippen molar-refractivity contribution in [1.82, 2.24) is 0 Å². The van der Waals surface area contributed by atoms with Crippen LogP contribution in [-0.4, -0.2) is 40.4 Å². The van der Waals surface area contributed by atoms with E-state index in [0.29, 0.717) is 19.7 Å². The zero-order valence-corrected chi connectivity index (χ0v) is 12.0. The molecule has 0 amide bonds. The zero-order chi connectivity index (χ0) is 14.3. The van der Waals surface area contributed by atoms with Gasteiger partial charge in [-0.2, -0.15) is 0 Å². The van der Waals surface area contributed by atoms with E-state index in [9.17, 15) is 4.79 Å². The molecule has 1 rings (SSSR count). The number of carbonyl (C=O) groups excluding carboxylic acids is 1. The van der Waals surface area contributed by atoms with Crippen LogP contribution in [0.25, 0.3) is 0 Å². The second kappa shape index (κ2) is 7.63. The first-order valence-electron chi connectivity index (χ1n) is 6.28. The fourth-order valence-electron chi connectivity index (χ4n) is 1.84. The van der Waals surface area contributed by atoms with Crippen molar-refractivity contribution in [3.8, 4) is 11.5 Å². The van der Waals surface area contributed by atoms with Crippen LogP contribution in [0.2, 0.25) is 0 Å². The highest BCUT2D eigenvalue weighted by Crippen LogP contribution is 2.23. The van der Waals surface area contributed by atoms with E-state index in [1.165, 1.54) is 0 Å². The Bertz CT molecular complexity index is 420. The summed E-state index contributed by atoms with van der Waals surface area (Å²) in [4.78, 5) is 12.4. The Morgan fingerprint density at radius 1 is 1.26 bits per heavy atom. The average Bonchev–Trinajstić information content (AvgIpc) is 2.39. The van der Waals surface area contributed by atoms with E-state index >= 15 is 0 Å². The SMILES string of the molecule is CCOC(=O)C[NH+](C)Cc1ccc(OC)cc1OC. The predicted molar refractivity (Wildman–Crippen MR) is 71.6 cm³/mol. The molecule has 0 saturated heterocycles. The number of quaternary nitrogens is 1. The predicted octanol–water partition coefficient (Wildman–Crippen LogP) is 0.282. The maximum absolute atomic E-state index is 11.4. The van der Waals surface area contributed by atoms with Crippen molar-refractivity contribution in [2.45, 2.75) is 13.5 Å². The molecule has 1 aromatic carbocycles. The summed E-state index contributed by atoms with van der Waals surface area (Å²) in [6.07, 6.45) is 0. The van der Waals surface area contributed by atoms with Crippen LogP contribution in [0.1, 0.15) is 12.5 Å². The van der Waals surface area contributed by atoms with E-state index in [1.807, 2.05) is 25.2 Å². The summed E-state index contributed by atoms with van der Waals surface area (Å²) in [5.74, 6) is 1.33. The molecule has 1 N–H and O–H groups in total. The third-order valence-electron chi connectivity index (χ3n) is 2.74. The Kier molecular flexibility index (Phi) is 6.15. The molecule has 0 aliphatic heterocycles. The molecule has 0 spiro atoms. The number of methoxy groups -OCH3 is 2. The molecule has 5 nitrogen and oxygen atoms in total. The van der Waals surface area contributed by atoms with Crippen molar-refractivity contribution in [2.75, 3.05) is 34.4 Å². The lowest BCUT2D eigenvalue weighted by atomic mass is 10.2. The molecule has 106 valence electrons. The lowest BCUT2D eigenvalue weighted by Gasteiger charge is -2.15. The minimum Gasteiger partial charge on any atom is -0.497 e. The summed E-state index contributed by atoms with van der Waals surface area (Å²) < 4.78 is 15.4. The van der Waals surface area contributed by atoms with Gasteiger partial charge in [-0.1, -0.05) is 0 Å². The van der Waals surface area contributed by atoms with Gasteiger partial charge in [0.25, 0.3) is 0 Å². The molecule has 5 heteroatoms. The van der Waals surface area contributed by atoms with Gasteiger partial charge in [0.05, 0.1) is 27.9 Å². The van der Waals surface area contributed by atoms with Crippen LogP contribution in [0.4, 0.5) is 0 Å². The number of hydrogen-bond acceptors (Lipinski definition) is 4. The van der Waals surface area contributed by atoms with Gasteiger partial charge in [0, 0.05) is 11.6 Å². The zero-order valence-electron chi connectivity index (χ0n) is 12.0. The van der Waals surface area contributed by atoms with E-state index in [-0.39, 0.29) is 5.97 Å². The van der Waals surface area contributed by atoms with Gasteiger partial charge >= 0.3 is 5.97 Å². The van der Waals surface area contributed by atoms with Crippen molar-refractivity contribution in [2.24, 2.45) is 0 Å². The first-order valence-corrected chi connectivity index (χ1v) is 6.28. The second-order valence-corrected chi connectivity index (χ2v) is 4.29. The van der Waals surface area contributed by atoms with Crippen molar-refractivity contribution >= 4 is 5.97 Å². The molecule has 0 saturated carbocycles. The number of benzene rings is 1. The van der Waals surface area contributed by atoms with Crippen LogP contribution in [0.3, 0.4) is 0 Å². The number of ether oxygens (including phenoxy) is 3. The van der Waals surface area contributed by atoms with Gasteiger partial charge in [0.2, 0.25) is 0 Å². The number of carbonyl (C=O) groups is 1. The van der Waals surface area contributed by atoms with E-state index in [4.69, 9.17) is 14.2 Å². The number of nitrogens with one attached hydrogen (secondary N) is 1. The quantitative estimate of drug-likeness (QED) is 0.722. The van der Waals surface area contributed by atoms with E-state index in [1.54, 1.807) is 21.1 Å². The Morgan fingerprint density at radius 2 is 2.00 bits per heavy atom. The summed E-state index contributed by atoms with van der Waals surface area (Å²) in [7, 11) is 5.19. The molecular formula is C14H22NO4+. The van der Waals surface area contributed by atoms with E-state index in [2.05, 4.69) is 0 Å². The summed E-state index contributed by atoms with van der Waals surface area (Å²) in [6.45, 7) is 3.24. The molecule has 0 aliphatic carbocycles. The second-order valence-electron chi connectivity index (χ2n) is 4.29. The third-order valence-corrected chi connectivity index (χ3v) is 2.74. The number of likely N-dealkylation sites (N-methyl/N-ethyl adjacent to an activating group) is 1. The van der Waals surface area contributed by atoms with Gasteiger partial charge in [0.1, 0.15) is 18.0 Å². The molecule has 19 heavy (non-hydrogen) atoms. The van der Waals surface area contributed by atoms with Crippen molar-refractivity contribution in [3.63, 3.8) is 0 Å². The molecule has 1 atom stereocenters. The lowest BCUT2D eigenvalue weighted by Crippen LogP contribution is -3.08. The monoisotopic (exact) mass is 268 g/mol. The van der Waals surface area contributed by atoms with E-state index < -0.39 is 0 Å². The summed E-state index contributed by atoms with van der Waals surface area (Å²) in [5, 5.41) is 0. The van der Waals surface area contributed by atoms with Crippen LogP contribution in [0.15, 0.2) is 18.2 Å². The van der Waals surface area contributed by atoms with Crippen LogP contribution < -0.4 is 14.4 Å². The highest BCUT2D eigenvalue weighted by molar-refractivity contribution is 5.70. The van der Waals surface area contributed by atoms with Gasteiger partial charge in [-0.15, -0.1) is 0 Å². The topological polar surface area (TPSA) is 49.2 Å². The molecule has 1 unspecified atom stereocenters. The molecule has 0 aliphatic rings. The van der Waals surface area contributed by atoms with Crippen molar-refractivity contribution in [3.05, 3.63) is 23.8 Å². The van der Waals surface area contributed by atoms with Gasteiger partial charge < -0.3 is 19.1 Å². The first kappa shape index (κ1) is 15.3. The maximum atomic E-state index is 11.4. The van der Waals surface area contributed by atoms with Crippen LogP contribution in [0.5, 0.6) is 11.5 Å². The Hall–Kier alpha value is -1.75.